The largest absolute Gasteiger partial charge is 0.524 e. The Morgan fingerprint density at radius 1 is 1.12 bits per heavy atom. The van der Waals surface area contributed by atoms with E-state index in [4.69, 9.17) is 19.0 Å². The van der Waals surface area contributed by atoms with Gasteiger partial charge in [0.05, 0.1) is 6.61 Å². The van der Waals surface area contributed by atoms with Gasteiger partial charge in [0, 0.05) is 17.6 Å². The van der Waals surface area contributed by atoms with Crippen molar-refractivity contribution < 1.29 is 28.4 Å². The Morgan fingerprint density at radius 3 is 2.40 bits per heavy atom. The van der Waals surface area contributed by atoms with Gasteiger partial charge in [-0.05, 0) is 24.1 Å². The topological polar surface area (TPSA) is 93.1 Å². The van der Waals surface area contributed by atoms with Crippen molar-refractivity contribution in [3.63, 3.8) is 0 Å². The summed E-state index contributed by atoms with van der Waals surface area (Å²) < 4.78 is 21.2. The lowest BCUT2D eigenvalue weighted by Crippen LogP contribution is -2.08. The van der Waals surface area contributed by atoms with Crippen LogP contribution in [0.3, 0.4) is 0 Å². The highest BCUT2D eigenvalue weighted by atomic mass is 31.2. The molecule has 2 aromatic rings. The van der Waals surface area contributed by atoms with Gasteiger partial charge in [0.1, 0.15) is 5.75 Å². The highest BCUT2D eigenvalue weighted by molar-refractivity contribution is 7.46. The Hall–Kier alpha value is -2.40. The summed E-state index contributed by atoms with van der Waals surface area (Å²) in [6, 6.07) is 14.0. The van der Waals surface area contributed by atoms with Gasteiger partial charge in [-0.3, -0.25) is 9.79 Å². The molecule has 0 fully saturated rings. The zero-order valence-electron chi connectivity index (χ0n) is 13.7. The number of hydrogen-bond donors (Lipinski definition) is 2. The Labute approximate surface area is 146 Å². The summed E-state index contributed by atoms with van der Waals surface area (Å²) in [5, 5.41) is 0. The fraction of sp³-hybridized carbons (Fsp3) is 0.167. The molecule has 0 saturated heterocycles. The first kappa shape index (κ1) is 18.9. The molecular formula is C18H19O6P. The first-order chi connectivity index (χ1) is 11.8. The highest BCUT2D eigenvalue weighted by Crippen LogP contribution is 2.43. The van der Waals surface area contributed by atoms with E-state index in [1.165, 1.54) is 6.07 Å². The molecule has 0 aromatic heterocycles. The van der Waals surface area contributed by atoms with E-state index in [0.717, 1.165) is 11.1 Å². The average Bonchev–Trinajstić information content (AvgIpc) is 2.54. The van der Waals surface area contributed by atoms with Crippen molar-refractivity contribution in [3.05, 3.63) is 66.2 Å². The molecule has 0 saturated carbocycles. The number of hydrogen-bond acceptors (Lipinski definition) is 4. The maximum absolute atomic E-state index is 11.5. The molecule has 0 radical (unpaired) electrons. The minimum absolute atomic E-state index is 0.0725. The van der Waals surface area contributed by atoms with E-state index in [9.17, 15) is 9.36 Å². The Morgan fingerprint density at radius 2 is 1.80 bits per heavy atom. The summed E-state index contributed by atoms with van der Waals surface area (Å²) >= 11 is 0. The standard InChI is InChI=1S/C18H19O6P/c1-13(2)18(19)23-12-11-15-9-6-10-16(24-25(20,21)22)17(15)14-7-4-3-5-8-14/h3-10H,1,11-12H2,2H3,(H2,20,21,22). The van der Waals surface area contributed by atoms with Crippen LogP contribution in [0.15, 0.2) is 60.7 Å². The van der Waals surface area contributed by atoms with Crippen molar-refractivity contribution in [1.29, 1.82) is 0 Å². The number of carbonyl (C=O) groups is 1. The minimum Gasteiger partial charge on any atom is -0.462 e. The first-order valence-electron chi connectivity index (χ1n) is 7.53. The highest BCUT2D eigenvalue weighted by Gasteiger charge is 2.21. The van der Waals surface area contributed by atoms with Crippen molar-refractivity contribution in [3.8, 4) is 16.9 Å². The molecule has 0 aliphatic carbocycles. The summed E-state index contributed by atoms with van der Waals surface area (Å²) in [4.78, 5) is 29.8. The molecule has 0 atom stereocenters. The monoisotopic (exact) mass is 362 g/mol. The van der Waals surface area contributed by atoms with Gasteiger partial charge in [0.15, 0.2) is 0 Å². The normalized spacial score (nSPS) is 11.0. The van der Waals surface area contributed by atoms with Crippen LogP contribution in [0.2, 0.25) is 0 Å². The number of ether oxygens (including phenoxy) is 1. The van der Waals surface area contributed by atoms with Crippen molar-refractivity contribution in [1.82, 2.24) is 0 Å². The third-order valence-electron chi connectivity index (χ3n) is 3.35. The minimum atomic E-state index is -4.71. The first-order valence-corrected chi connectivity index (χ1v) is 9.06. The van der Waals surface area contributed by atoms with Crippen LogP contribution in [0, 0.1) is 0 Å². The molecule has 25 heavy (non-hydrogen) atoms. The molecule has 2 aromatic carbocycles. The molecule has 0 aliphatic heterocycles. The molecule has 0 aliphatic rings. The molecule has 0 spiro atoms. The Bertz CT molecular complexity index is 810. The Balaban J connectivity index is 2.35. The van der Waals surface area contributed by atoms with Crippen LogP contribution in [0.4, 0.5) is 0 Å². The van der Waals surface area contributed by atoms with E-state index in [0.29, 0.717) is 17.6 Å². The zero-order valence-corrected chi connectivity index (χ0v) is 14.6. The lowest BCUT2D eigenvalue weighted by Gasteiger charge is -2.16. The van der Waals surface area contributed by atoms with Crippen molar-refractivity contribution in [2.45, 2.75) is 13.3 Å². The SMILES string of the molecule is C=C(C)C(=O)OCCc1cccc(OP(=O)(O)O)c1-c1ccccc1. The van der Waals surface area contributed by atoms with Gasteiger partial charge in [0.2, 0.25) is 0 Å². The van der Waals surface area contributed by atoms with Crippen LogP contribution in [0.25, 0.3) is 11.1 Å². The smallest absolute Gasteiger partial charge is 0.462 e. The van der Waals surface area contributed by atoms with E-state index >= 15 is 0 Å². The van der Waals surface area contributed by atoms with Gasteiger partial charge in [-0.2, -0.15) is 0 Å². The van der Waals surface area contributed by atoms with E-state index in [2.05, 4.69) is 6.58 Å². The van der Waals surface area contributed by atoms with Gasteiger partial charge in [-0.1, -0.05) is 49.0 Å². The number of esters is 1. The molecule has 7 heteroatoms. The molecule has 0 unspecified atom stereocenters. The van der Waals surface area contributed by atoms with E-state index in [1.54, 1.807) is 19.1 Å². The quantitative estimate of drug-likeness (QED) is 0.445. The van der Waals surface area contributed by atoms with Gasteiger partial charge in [-0.15, -0.1) is 0 Å². The van der Waals surface area contributed by atoms with Crippen LogP contribution in [-0.2, 0) is 20.5 Å². The second-order valence-corrected chi connectivity index (χ2v) is 6.57. The third kappa shape index (κ3) is 5.57. The maximum atomic E-state index is 11.5. The molecular weight excluding hydrogens is 343 g/mol. The van der Waals surface area contributed by atoms with Gasteiger partial charge in [-0.25, -0.2) is 9.36 Å². The number of phosphoric acid groups is 1. The van der Waals surface area contributed by atoms with Gasteiger partial charge in [0.25, 0.3) is 0 Å². The third-order valence-corrected chi connectivity index (χ3v) is 3.78. The molecule has 6 nitrogen and oxygen atoms in total. The van der Waals surface area contributed by atoms with E-state index in [1.807, 2.05) is 30.3 Å². The maximum Gasteiger partial charge on any atom is 0.524 e. The summed E-state index contributed by atoms with van der Waals surface area (Å²) in [5.74, 6) is -0.410. The number of benzene rings is 2. The molecule has 0 heterocycles. The van der Waals surface area contributed by atoms with Crippen LogP contribution in [0.1, 0.15) is 12.5 Å². The second-order valence-electron chi connectivity index (χ2n) is 5.40. The van der Waals surface area contributed by atoms with Crippen LogP contribution in [-0.4, -0.2) is 22.4 Å². The van der Waals surface area contributed by atoms with E-state index in [-0.39, 0.29) is 12.4 Å². The molecule has 0 bridgehead atoms. The summed E-state index contributed by atoms with van der Waals surface area (Å²) in [6.07, 6.45) is 0.363. The molecule has 2 rings (SSSR count). The van der Waals surface area contributed by atoms with Crippen molar-refractivity contribution in [2.75, 3.05) is 6.61 Å². The summed E-state index contributed by atoms with van der Waals surface area (Å²) in [5.41, 5.74) is 2.35. The number of phosphoric ester groups is 1. The summed E-state index contributed by atoms with van der Waals surface area (Å²) in [6.45, 7) is 5.20. The van der Waals surface area contributed by atoms with Crippen LogP contribution in [0.5, 0.6) is 5.75 Å². The second kappa shape index (κ2) is 8.12. The number of carbonyl (C=O) groups excluding carboxylic acids is 1. The number of rotatable bonds is 7. The zero-order chi connectivity index (χ0) is 18.4. The van der Waals surface area contributed by atoms with E-state index < -0.39 is 13.8 Å². The molecule has 2 N–H and O–H groups in total. The van der Waals surface area contributed by atoms with Crippen molar-refractivity contribution in [2.24, 2.45) is 0 Å². The predicted octanol–water partition coefficient (Wildman–Crippen LogP) is 3.49. The Kier molecular flexibility index (Phi) is 6.15. The fourth-order valence-corrected chi connectivity index (χ4v) is 2.71. The molecule has 132 valence electrons. The van der Waals surface area contributed by atoms with Gasteiger partial charge < -0.3 is 9.26 Å². The van der Waals surface area contributed by atoms with Crippen LogP contribution < -0.4 is 4.52 Å². The summed E-state index contributed by atoms with van der Waals surface area (Å²) in [7, 11) is -4.71. The predicted molar refractivity (Wildman–Crippen MR) is 94.0 cm³/mol. The fourth-order valence-electron chi connectivity index (χ4n) is 2.30. The average molecular weight is 362 g/mol. The lowest BCUT2D eigenvalue weighted by atomic mass is 9.97. The van der Waals surface area contributed by atoms with Gasteiger partial charge >= 0.3 is 13.8 Å². The molecule has 0 amide bonds. The van der Waals surface area contributed by atoms with Crippen molar-refractivity contribution >= 4 is 13.8 Å². The van der Waals surface area contributed by atoms with Crippen LogP contribution >= 0.6 is 7.82 Å². The lowest BCUT2D eigenvalue weighted by molar-refractivity contribution is -0.138.